The topological polar surface area (TPSA) is 49.3 Å². The number of amides is 1. The zero-order valence-electron chi connectivity index (χ0n) is 10.1. The van der Waals surface area contributed by atoms with Gasteiger partial charge in [-0.2, -0.15) is 0 Å². The number of carbonyl (C=O) groups excluding carboxylic acids is 1. The first kappa shape index (κ1) is 12.2. The molecule has 1 atom stereocenters. The largest absolute Gasteiger partial charge is 0.507 e. The lowest BCUT2D eigenvalue weighted by atomic mass is 9.93. The number of hydrogen-bond acceptors (Lipinski definition) is 2. The maximum Gasteiger partial charge on any atom is 0.232 e. The number of rotatable bonds is 2. The SMILES string of the molecule is O=C1Nc2ccccc2[C@H]1Cc1ccc(O)c(Br)c1. The van der Waals surface area contributed by atoms with Crippen LogP contribution >= 0.6 is 15.9 Å². The van der Waals surface area contributed by atoms with E-state index in [4.69, 9.17) is 0 Å². The Morgan fingerprint density at radius 1 is 1.21 bits per heavy atom. The molecule has 2 N–H and O–H groups in total. The Balaban J connectivity index is 1.91. The number of halogens is 1. The first-order chi connectivity index (χ1) is 9.15. The lowest BCUT2D eigenvalue weighted by Crippen LogP contribution is -2.14. The number of aromatic hydroxyl groups is 1. The van der Waals surface area contributed by atoms with Crippen LogP contribution in [0.5, 0.6) is 5.75 Å². The molecule has 0 aliphatic carbocycles. The molecule has 0 unspecified atom stereocenters. The van der Waals surface area contributed by atoms with Crippen molar-refractivity contribution in [1.29, 1.82) is 0 Å². The lowest BCUT2D eigenvalue weighted by molar-refractivity contribution is -0.117. The maximum atomic E-state index is 12.0. The number of phenolic OH excluding ortho intramolecular Hbond substituents is 1. The van der Waals surface area contributed by atoms with Gasteiger partial charge in [0.2, 0.25) is 5.91 Å². The highest BCUT2D eigenvalue weighted by Crippen LogP contribution is 2.35. The Labute approximate surface area is 119 Å². The molecule has 2 aromatic rings. The van der Waals surface area contributed by atoms with Gasteiger partial charge in [0, 0.05) is 5.69 Å². The highest BCUT2D eigenvalue weighted by Gasteiger charge is 2.30. The van der Waals surface area contributed by atoms with Crippen LogP contribution in [0.1, 0.15) is 17.0 Å². The van der Waals surface area contributed by atoms with E-state index in [0.29, 0.717) is 10.9 Å². The molecule has 0 aromatic heterocycles. The smallest absolute Gasteiger partial charge is 0.232 e. The first-order valence-electron chi connectivity index (χ1n) is 6.02. The van der Waals surface area contributed by atoms with Gasteiger partial charge in [-0.15, -0.1) is 0 Å². The first-order valence-corrected chi connectivity index (χ1v) is 6.81. The van der Waals surface area contributed by atoms with Gasteiger partial charge < -0.3 is 10.4 Å². The van der Waals surface area contributed by atoms with E-state index in [1.54, 1.807) is 6.07 Å². The summed E-state index contributed by atoms with van der Waals surface area (Å²) in [4.78, 5) is 12.0. The van der Waals surface area contributed by atoms with E-state index < -0.39 is 0 Å². The molecule has 0 saturated heterocycles. The van der Waals surface area contributed by atoms with Gasteiger partial charge in [0.1, 0.15) is 5.75 Å². The van der Waals surface area contributed by atoms with Crippen LogP contribution in [0.2, 0.25) is 0 Å². The number of para-hydroxylation sites is 1. The molecule has 96 valence electrons. The molecule has 1 aliphatic rings. The van der Waals surface area contributed by atoms with E-state index >= 15 is 0 Å². The van der Waals surface area contributed by atoms with E-state index in [0.717, 1.165) is 16.8 Å². The van der Waals surface area contributed by atoms with Crippen molar-refractivity contribution in [3.63, 3.8) is 0 Å². The summed E-state index contributed by atoms with van der Waals surface area (Å²) in [5.41, 5.74) is 2.95. The molecular formula is C15H12BrNO2. The summed E-state index contributed by atoms with van der Waals surface area (Å²) < 4.78 is 0.650. The summed E-state index contributed by atoms with van der Waals surface area (Å²) in [6, 6.07) is 13.1. The Morgan fingerprint density at radius 2 is 2.00 bits per heavy atom. The third kappa shape index (κ3) is 2.24. The second-order valence-corrected chi connectivity index (χ2v) is 5.47. The molecule has 0 bridgehead atoms. The number of carbonyl (C=O) groups is 1. The molecule has 0 spiro atoms. The van der Waals surface area contributed by atoms with Crippen molar-refractivity contribution in [3.05, 3.63) is 58.1 Å². The standard InChI is InChI=1S/C15H12BrNO2/c16-12-8-9(5-6-14(12)18)7-11-10-3-1-2-4-13(10)17-15(11)19/h1-6,8,11,18H,7H2,(H,17,19)/t11-/m1/s1. The minimum Gasteiger partial charge on any atom is -0.507 e. The van der Waals surface area contributed by atoms with Gasteiger partial charge in [0.05, 0.1) is 10.4 Å². The van der Waals surface area contributed by atoms with Gasteiger partial charge in [-0.25, -0.2) is 0 Å². The molecule has 2 aromatic carbocycles. The Morgan fingerprint density at radius 3 is 2.79 bits per heavy atom. The van der Waals surface area contributed by atoms with Crippen molar-refractivity contribution in [2.24, 2.45) is 0 Å². The maximum absolute atomic E-state index is 12.0. The van der Waals surface area contributed by atoms with Crippen LogP contribution in [0.4, 0.5) is 5.69 Å². The fourth-order valence-corrected chi connectivity index (χ4v) is 2.82. The molecule has 3 nitrogen and oxygen atoms in total. The van der Waals surface area contributed by atoms with Crippen LogP contribution in [0.25, 0.3) is 0 Å². The normalized spacial score (nSPS) is 17.1. The summed E-state index contributed by atoms with van der Waals surface area (Å²) in [5.74, 6) is 0.0815. The number of benzene rings is 2. The number of hydrogen-bond donors (Lipinski definition) is 2. The summed E-state index contributed by atoms with van der Waals surface area (Å²) in [6.45, 7) is 0. The van der Waals surface area contributed by atoms with Crippen molar-refractivity contribution in [2.45, 2.75) is 12.3 Å². The number of phenols is 1. The second kappa shape index (κ2) is 4.70. The van der Waals surface area contributed by atoms with Crippen molar-refractivity contribution in [3.8, 4) is 5.75 Å². The third-order valence-electron chi connectivity index (χ3n) is 3.36. The lowest BCUT2D eigenvalue weighted by Gasteiger charge is -2.09. The Bertz CT molecular complexity index is 654. The Hall–Kier alpha value is -1.81. The molecule has 1 amide bonds. The van der Waals surface area contributed by atoms with Gasteiger partial charge in [0.25, 0.3) is 0 Å². The number of fused-ring (bicyclic) bond motifs is 1. The molecule has 3 rings (SSSR count). The van der Waals surface area contributed by atoms with Crippen molar-refractivity contribution in [1.82, 2.24) is 0 Å². The van der Waals surface area contributed by atoms with E-state index in [9.17, 15) is 9.90 Å². The zero-order chi connectivity index (χ0) is 13.4. The van der Waals surface area contributed by atoms with Gasteiger partial charge in [-0.1, -0.05) is 24.3 Å². The van der Waals surface area contributed by atoms with E-state index in [1.807, 2.05) is 36.4 Å². The van der Waals surface area contributed by atoms with Gasteiger partial charge in [0.15, 0.2) is 0 Å². The Kier molecular flexibility index (Phi) is 3.03. The average molecular weight is 318 g/mol. The minimum absolute atomic E-state index is 0.0328. The summed E-state index contributed by atoms with van der Waals surface area (Å²) in [5, 5.41) is 12.4. The van der Waals surface area contributed by atoms with Gasteiger partial charge >= 0.3 is 0 Å². The third-order valence-corrected chi connectivity index (χ3v) is 4.00. The van der Waals surface area contributed by atoms with Crippen molar-refractivity contribution in [2.75, 3.05) is 5.32 Å². The van der Waals surface area contributed by atoms with E-state index in [2.05, 4.69) is 21.2 Å². The van der Waals surface area contributed by atoms with Gasteiger partial charge in [-0.05, 0) is 51.7 Å². The summed E-state index contributed by atoms with van der Waals surface area (Å²) >= 11 is 3.29. The van der Waals surface area contributed by atoms with Crippen LogP contribution < -0.4 is 5.32 Å². The van der Waals surface area contributed by atoms with E-state index in [1.165, 1.54) is 0 Å². The molecule has 4 heteroatoms. The van der Waals surface area contributed by atoms with Crippen LogP contribution in [-0.2, 0) is 11.2 Å². The quantitative estimate of drug-likeness (QED) is 0.891. The van der Waals surface area contributed by atoms with Crippen molar-refractivity contribution >= 4 is 27.5 Å². The van der Waals surface area contributed by atoms with Gasteiger partial charge in [-0.3, -0.25) is 4.79 Å². The molecular weight excluding hydrogens is 306 g/mol. The highest BCUT2D eigenvalue weighted by atomic mass is 79.9. The van der Waals surface area contributed by atoms with Crippen LogP contribution in [0, 0.1) is 0 Å². The molecule has 0 saturated carbocycles. The number of nitrogens with one attached hydrogen (secondary N) is 1. The summed E-state index contributed by atoms with van der Waals surface area (Å²) in [7, 11) is 0. The molecule has 19 heavy (non-hydrogen) atoms. The minimum atomic E-state index is -0.160. The fraction of sp³-hybridized carbons (Fsp3) is 0.133. The predicted molar refractivity (Wildman–Crippen MR) is 77.3 cm³/mol. The van der Waals surface area contributed by atoms with Crippen LogP contribution in [0.3, 0.4) is 0 Å². The average Bonchev–Trinajstić information content (AvgIpc) is 2.71. The summed E-state index contributed by atoms with van der Waals surface area (Å²) in [6.07, 6.45) is 0.627. The second-order valence-electron chi connectivity index (χ2n) is 4.62. The molecule has 1 aliphatic heterocycles. The van der Waals surface area contributed by atoms with Crippen LogP contribution in [-0.4, -0.2) is 11.0 Å². The molecule has 0 fully saturated rings. The zero-order valence-corrected chi connectivity index (χ0v) is 11.6. The highest BCUT2D eigenvalue weighted by molar-refractivity contribution is 9.10. The van der Waals surface area contributed by atoms with Crippen molar-refractivity contribution < 1.29 is 9.90 Å². The van der Waals surface area contributed by atoms with E-state index in [-0.39, 0.29) is 17.6 Å². The predicted octanol–water partition coefficient (Wildman–Crippen LogP) is 3.43. The van der Waals surface area contributed by atoms with Crippen LogP contribution in [0.15, 0.2) is 46.9 Å². The monoisotopic (exact) mass is 317 g/mol. The number of anilines is 1. The molecule has 1 heterocycles. The molecule has 0 radical (unpaired) electrons. The fourth-order valence-electron chi connectivity index (χ4n) is 2.39.